The fraction of sp³-hybridized carbons (Fsp3) is 0.588. The van der Waals surface area contributed by atoms with Crippen LogP contribution in [-0.2, 0) is 16.6 Å². The van der Waals surface area contributed by atoms with Gasteiger partial charge in [-0.3, -0.25) is 4.79 Å². The Morgan fingerprint density at radius 3 is 3.00 bits per heavy atom. The number of carbonyl (C=O) groups excluding carboxylic acids is 1. The molecule has 2 bridgehead atoms. The molecule has 0 amide bonds. The van der Waals surface area contributed by atoms with Crippen molar-refractivity contribution in [2.75, 3.05) is 13.6 Å². The highest BCUT2D eigenvalue weighted by Gasteiger charge is 2.72. The summed E-state index contributed by atoms with van der Waals surface area (Å²) in [7, 11) is 2.04. The molecule has 5 heteroatoms. The highest BCUT2D eigenvalue weighted by Crippen LogP contribution is 2.64. The highest BCUT2D eigenvalue weighted by atomic mass is 16.5. The van der Waals surface area contributed by atoms with E-state index in [4.69, 9.17) is 4.74 Å². The van der Waals surface area contributed by atoms with Crippen molar-refractivity contribution >= 4 is 5.78 Å². The molecule has 2 fully saturated rings. The van der Waals surface area contributed by atoms with Gasteiger partial charge in [0.2, 0.25) is 0 Å². The molecule has 2 N–H and O–H groups in total. The molecule has 116 valence electrons. The van der Waals surface area contributed by atoms with Gasteiger partial charge >= 0.3 is 0 Å². The fourth-order valence-electron chi connectivity index (χ4n) is 5.54. The minimum atomic E-state index is -0.954. The number of phenols is 1. The first-order valence-corrected chi connectivity index (χ1v) is 7.96. The molecule has 0 radical (unpaired) electrons. The number of ketones is 1. The number of hydrogen-bond donors (Lipinski definition) is 2. The van der Waals surface area contributed by atoms with E-state index in [2.05, 4.69) is 4.90 Å². The summed E-state index contributed by atoms with van der Waals surface area (Å²) in [5.41, 5.74) is 0.370. The first-order valence-electron chi connectivity index (χ1n) is 7.96. The lowest BCUT2D eigenvalue weighted by atomic mass is 9.49. The zero-order valence-electron chi connectivity index (χ0n) is 12.5. The van der Waals surface area contributed by atoms with Crippen LogP contribution in [0, 0.1) is 0 Å². The summed E-state index contributed by atoms with van der Waals surface area (Å²) in [6.45, 7) is 0.828. The largest absolute Gasteiger partial charge is 0.504 e. The number of aliphatic hydroxyl groups is 1. The molecular weight excluding hydrogens is 282 g/mol. The molecule has 1 saturated heterocycles. The van der Waals surface area contributed by atoms with Gasteiger partial charge in [-0.2, -0.15) is 0 Å². The van der Waals surface area contributed by atoms with Crippen LogP contribution in [0.3, 0.4) is 0 Å². The summed E-state index contributed by atoms with van der Waals surface area (Å²) in [4.78, 5) is 14.7. The molecule has 0 aromatic heterocycles. The van der Waals surface area contributed by atoms with Crippen molar-refractivity contribution in [1.29, 1.82) is 0 Å². The summed E-state index contributed by atoms with van der Waals surface area (Å²) in [5, 5.41) is 21.8. The standard InChI is InChI=1S/C17H19NO4/c1-18-7-6-16-13-9-2-3-10(19)14(13)22-15(16)11(20)4-5-17(16,21)12(18)8-9/h2-3,12,15,19,21H,4-8H2,1H3/t12-,15+,16+,17-/m0/s1. The van der Waals surface area contributed by atoms with Gasteiger partial charge in [-0.05, 0) is 44.5 Å². The van der Waals surface area contributed by atoms with Gasteiger partial charge < -0.3 is 19.8 Å². The number of piperidine rings is 1. The van der Waals surface area contributed by atoms with Gasteiger partial charge in [-0.15, -0.1) is 0 Å². The molecule has 2 aliphatic heterocycles. The van der Waals surface area contributed by atoms with E-state index in [1.165, 1.54) is 0 Å². The number of ether oxygens (including phenoxy) is 1. The molecule has 22 heavy (non-hydrogen) atoms. The Kier molecular flexibility index (Phi) is 2.15. The minimum Gasteiger partial charge on any atom is -0.504 e. The Bertz CT molecular complexity index is 717. The third kappa shape index (κ3) is 1.13. The molecule has 1 aromatic carbocycles. The average Bonchev–Trinajstić information content (AvgIpc) is 2.85. The van der Waals surface area contributed by atoms with Gasteiger partial charge in [0, 0.05) is 18.0 Å². The van der Waals surface area contributed by atoms with Gasteiger partial charge in [0.25, 0.3) is 0 Å². The molecule has 5 rings (SSSR count). The molecular formula is C17H19NO4. The number of Topliss-reactive ketones (excluding diaryl/α,β-unsaturated/α-hetero) is 1. The first-order chi connectivity index (χ1) is 10.5. The summed E-state index contributed by atoms with van der Waals surface area (Å²) >= 11 is 0. The molecule has 1 aromatic rings. The minimum absolute atomic E-state index is 0.00319. The third-order valence-corrected chi connectivity index (χ3v) is 6.53. The van der Waals surface area contributed by atoms with Gasteiger partial charge in [0.05, 0.1) is 11.0 Å². The Hall–Kier alpha value is -1.59. The number of aromatic hydroxyl groups is 1. The number of benzene rings is 1. The molecule has 4 aliphatic rings. The molecule has 4 atom stereocenters. The fourth-order valence-corrected chi connectivity index (χ4v) is 5.54. The number of nitrogens with zero attached hydrogens (tertiary/aromatic N) is 1. The van der Waals surface area contributed by atoms with Gasteiger partial charge in [-0.25, -0.2) is 0 Å². The Labute approximate surface area is 128 Å². The van der Waals surface area contributed by atoms with Crippen molar-refractivity contribution in [2.45, 2.75) is 48.8 Å². The predicted octanol–water partition coefficient (Wildman–Crippen LogP) is 0.745. The molecule has 0 unspecified atom stereocenters. The van der Waals surface area contributed by atoms with E-state index < -0.39 is 17.1 Å². The second kappa shape index (κ2) is 3.66. The van der Waals surface area contributed by atoms with Crippen LogP contribution in [0.2, 0.25) is 0 Å². The van der Waals surface area contributed by atoms with Crippen molar-refractivity contribution in [3.8, 4) is 11.5 Å². The van der Waals surface area contributed by atoms with Crippen molar-refractivity contribution < 1.29 is 19.7 Å². The topological polar surface area (TPSA) is 70.0 Å². The van der Waals surface area contributed by atoms with E-state index in [1.807, 2.05) is 13.1 Å². The summed E-state index contributed by atoms with van der Waals surface area (Å²) in [6.07, 6.45) is 1.61. The number of hydrogen-bond acceptors (Lipinski definition) is 5. The van der Waals surface area contributed by atoms with Crippen molar-refractivity contribution in [3.05, 3.63) is 23.3 Å². The van der Waals surface area contributed by atoms with E-state index in [9.17, 15) is 15.0 Å². The van der Waals surface area contributed by atoms with Crippen LogP contribution in [0.4, 0.5) is 0 Å². The Morgan fingerprint density at radius 2 is 2.18 bits per heavy atom. The van der Waals surface area contributed by atoms with Crippen LogP contribution in [0.15, 0.2) is 12.1 Å². The van der Waals surface area contributed by atoms with E-state index in [1.54, 1.807) is 6.07 Å². The second-order valence-electron chi connectivity index (χ2n) is 7.26. The van der Waals surface area contributed by atoms with Crippen molar-refractivity contribution in [1.82, 2.24) is 4.90 Å². The zero-order chi connectivity index (χ0) is 15.3. The summed E-state index contributed by atoms with van der Waals surface area (Å²) < 4.78 is 5.94. The highest BCUT2D eigenvalue weighted by molar-refractivity contribution is 5.90. The smallest absolute Gasteiger partial charge is 0.174 e. The van der Waals surface area contributed by atoms with E-state index >= 15 is 0 Å². The maximum atomic E-state index is 12.5. The van der Waals surface area contributed by atoms with Crippen molar-refractivity contribution in [3.63, 3.8) is 0 Å². The molecule has 5 nitrogen and oxygen atoms in total. The van der Waals surface area contributed by atoms with Crippen LogP contribution in [0.1, 0.15) is 30.4 Å². The van der Waals surface area contributed by atoms with Gasteiger partial charge in [0.15, 0.2) is 23.4 Å². The SMILES string of the molecule is CN1CC[C@@]23c4c5ccc(O)c4O[C@@H]2C(=O)CC[C@]3(O)[C@@H]1C5. The monoisotopic (exact) mass is 301 g/mol. The maximum Gasteiger partial charge on any atom is 0.174 e. The third-order valence-electron chi connectivity index (χ3n) is 6.53. The molecule has 2 heterocycles. The van der Waals surface area contributed by atoms with Crippen LogP contribution in [-0.4, -0.2) is 52.2 Å². The van der Waals surface area contributed by atoms with Crippen LogP contribution >= 0.6 is 0 Å². The van der Waals surface area contributed by atoms with E-state index in [-0.39, 0.29) is 17.6 Å². The van der Waals surface area contributed by atoms with Crippen LogP contribution in [0.25, 0.3) is 0 Å². The number of phenolic OH excluding ortho intramolecular Hbond substituents is 1. The summed E-state index contributed by atoms with van der Waals surface area (Å²) in [5.74, 6) is 0.561. The normalized spacial score (nSPS) is 42.0. The Morgan fingerprint density at radius 1 is 1.36 bits per heavy atom. The van der Waals surface area contributed by atoms with Gasteiger partial charge in [-0.1, -0.05) is 6.07 Å². The van der Waals surface area contributed by atoms with Crippen molar-refractivity contribution in [2.24, 2.45) is 0 Å². The van der Waals surface area contributed by atoms with E-state index in [0.29, 0.717) is 25.0 Å². The Balaban J connectivity index is 1.88. The lowest BCUT2D eigenvalue weighted by molar-refractivity contribution is -0.185. The lowest BCUT2D eigenvalue weighted by Crippen LogP contribution is -2.76. The number of rotatable bonds is 0. The molecule has 1 spiro atoms. The zero-order valence-corrected chi connectivity index (χ0v) is 12.5. The first kappa shape index (κ1) is 12.9. The number of carbonyl (C=O) groups is 1. The summed E-state index contributed by atoms with van der Waals surface area (Å²) in [6, 6.07) is 3.57. The van der Waals surface area contributed by atoms with Crippen LogP contribution < -0.4 is 4.74 Å². The second-order valence-corrected chi connectivity index (χ2v) is 7.26. The number of likely N-dealkylation sites (tertiary alicyclic amines) is 1. The molecule has 2 aliphatic carbocycles. The lowest BCUT2D eigenvalue weighted by Gasteiger charge is -2.61. The van der Waals surface area contributed by atoms with Crippen LogP contribution in [0.5, 0.6) is 11.5 Å². The maximum absolute atomic E-state index is 12.5. The number of likely N-dealkylation sites (N-methyl/N-ethyl adjacent to an activating group) is 1. The predicted molar refractivity (Wildman–Crippen MR) is 78.1 cm³/mol. The van der Waals surface area contributed by atoms with E-state index in [0.717, 1.165) is 24.1 Å². The molecule has 1 saturated carbocycles. The van der Waals surface area contributed by atoms with Gasteiger partial charge in [0.1, 0.15) is 0 Å². The quantitative estimate of drug-likeness (QED) is 0.740. The average molecular weight is 301 g/mol.